The van der Waals surface area contributed by atoms with Crippen LogP contribution in [0.4, 0.5) is 4.79 Å². The molecule has 1 unspecified atom stereocenters. The Hall–Kier alpha value is -1.63. The number of piperazine rings is 1. The topological polar surface area (TPSA) is 81.8 Å². The SMILES string of the molecule is CCC1(CC)NC(=O)N(CC(=O)N2CCNC(C)C2)C1=O. The van der Waals surface area contributed by atoms with E-state index in [1.165, 1.54) is 0 Å². The first-order chi connectivity index (χ1) is 9.93. The Morgan fingerprint density at radius 1 is 1.33 bits per heavy atom. The Morgan fingerprint density at radius 2 is 2.00 bits per heavy atom. The van der Waals surface area contributed by atoms with Crippen molar-refractivity contribution in [3.8, 4) is 0 Å². The van der Waals surface area contributed by atoms with Crippen LogP contribution in [0.2, 0.25) is 0 Å². The molecule has 2 rings (SSSR count). The summed E-state index contributed by atoms with van der Waals surface area (Å²) in [6.07, 6.45) is 1.06. The van der Waals surface area contributed by atoms with Crippen LogP contribution in [0.15, 0.2) is 0 Å². The van der Waals surface area contributed by atoms with Crippen molar-refractivity contribution in [2.75, 3.05) is 26.2 Å². The number of urea groups is 1. The quantitative estimate of drug-likeness (QED) is 0.711. The summed E-state index contributed by atoms with van der Waals surface area (Å²) in [5, 5.41) is 5.99. The molecule has 118 valence electrons. The Labute approximate surface area is 125 Å². The van der Waals surface area contributed by atoms with Crippen molar-refractivity contribution in [1.29, 1.82) is 0 Å². The molecule has 2 saturated heterocycles. The van der Waals surface area contributed by atoms with Crippen molar-refractivity contribution >= 4 is 17.8 Å². The molecular weight excluding hydrogens is 272 g/mol. The fourth-order valence-corrected chi connectivity index (χ4v) is 2.94. The number of imide groups is 1. The third kappa shape index (κ3) is 2.88. The van der Waals surface area contributed by atoms with E-state index in [-0.39, 0.29) is 24.4 Å². The molecule has 7 nitrogen and oxygen atoms in total. The van der Waals surface area contributed by atoms with E-state index in [1.807, 2.05) is 20.8 Å². The lowest BCUT2D eigenvalue weighted by Gasteiger charge is -2.32. The minimum Gasteiger partial charge on any atom is -0.338 e. The summed E-state index contributed by atoms with van der Waals surface area (Å²) in [6, 6.07) is -0.226. The minimum atomic E-state index is -0.839. The zero-order valence-electron chi connectivity index (χ0n) is 12.9. The van der Waals surface area contributed by atoms with Gasteiger partial charge in [0.15, 0.2) is 0 Å². The largest absolute Gasteiger partial charge is 0.338 e. The van der Waals surface area contributed by atoms with Gasteiger partial charge in [-0.1, -0.05) is 13.8 Å². The van der Waals surface area contributed by atoms with E-state index in [9.17, 15) is 14.4 Å². The summed E-state index contributed by atoms with van der Waals surface area (Å²) in [5.74, 6) is -0.455. The predicted octanol–water partition coefficient (Wildman–Crippen LogP) is -0.0827. The van der Waals surface area contributed by atoms with Gasteiger partial charge in [-0.05, 0) is 19.8 Å². The first-order valence-electron chi connectivity index (χ1n) is 7.58. The maximum atomic E-state index is 12.4. The number of nitrogens with one attached hydrogen (secondary N) is 2. The molecule has 4 amide bonds. The third-order valence-electron chi connectivity index (χ3n) is 4.47. The monoisotopic (exact) mass is 296 g/mol. The van der Waals surface area contributed by atoms with E-state index in [2.05, 4.69) is 10.6 Å². The first-order valence-corrected chi connectivity index (χ1v) is 7.58. The van der Waals surface area contributed by atoms with Gasteiger partial charge in [-0.15, -0.1) is 0 Å². The normalized spacial score (nSPS) is 25.2. The van der Waals surface area contributed by atoms with Gasteiger partial charge in [-0.25, -0.2) is 4.79 Å². The van der Waals surface area contributed by atoms with Gasteiger partial charge in [0, 0.05) is 25.7 Å². The molecule has 0 spiro atoms. The van der Waals surface area contributed by atoms with Gasteiger partial charge in [0.25, 0.3) is 5.91 Å². The zero-order valence-corrected chi connectivity index (χ0v) is 12.9. The van der Waals surface area contributed by atoms with Gasteiger partial charge in [-0.3, -0.25) is 14.5 Å². The van der Waals surface area contributed by atoms with Crippen LogP contribution >= 0.6 is 0 Å². The van der Waals surface area contributed by atoms with Crippen molar-refractivity contribution < 1.29 is 14.4 Å². The highest BCUT2D eigenvalue weighted by Crippen LogP contribution is 2.24. The molecule has 0 bridgehead atoms. The van der Waals surface area contributed by atoms with Crippen LogP contribution in [0.1, 0.15) is 33.6 Å². The van der Waals surface area contributed by atoms with Crippen molar-refractivity contribution in [3.63, 3.8) is 0 Å². The van der Waals surface area contributed by atoms with Gasteiger partial charge in [0.2, 0.25) is 5.91 Å². The highest BCUT2D eigenvalue weighted by molar-refractivity contribution is 6.08. The molecule has 0 aromatic rings. The summed E-state index contributed by atoms with van der Waals surface area (Å²) in [7, 11) is 0. The van der Waals surface area contributed by atoms with Crippen LogP contribution in [0.25, 0.3) is 0 Å². The maximum absolute atomic E-state index is 12.4. The van der Waals surface area contributed by atoms with Crippen molar-refractivity contribution in [2.45, 2.75) is 45.2 Å². The predicted molar refractivity (Wildman–Crippen MR) is 77.6 cm³/mol. The Kier molecular flexibility index (Phi) is 4.51. The molecule has 7 heteroatoms. The molecule has 2 aliphatic rings. The smallest absolute Gasteiger partial charge is 0.325 e. The summed E-state index contributed by atoms with van der Waals surface area (Å²) in [5.41, 5.74) is -0.839. The molecule has 21 heavy (non-hydrogen) atoms. The van der Waals surface area contributed by atoms with Crippen LogP contribution in [0, 0.1) is 0 Å². The Bertz CT molecular complexity index is 448. The zero-order chi connectivity index (χ0) is 15.6. The standard InChI is InChI=1S/C14H24N4O3/c1-4-14(5-2)12(20)18(13(21)16-14)9-11(19)17-7-6-15-10(3)8-17/h10,15H,4-9H2,1-3H3,(H,16,21). The minimum absolute atomic E-state index is 0.168. The fraction of sp³-hybridized carbons (Fsp3) is 0.786. The molecule has 0 radical (unpaired) electrons. The second-order valence-corrected chi connectivity index (χ2v) is 5.81. The highest BCUT2D eigenvalue weighted by Gasteiger charge is 2.49. The average Bonchev–Trinajstić information content (AvgIpc) is 2.72. The summed E-state index contributed by atoms with van der Waals surface area (Å²) in [6.45, 7) is 7.52. The van der Waals surface area contributed by atoms with Crippen LogP contribution < -0.4 is 10.6 Å². The molecule has 2 N–H and O–H groups in total. The number of rotatable bonds is 4. The number of nitrogens with zero attached hydrogens (tertiary/aromatic N) is 2. The molecule has 2 fully saturated rings. The number of carbonyl (C=O) groups is 3. The van der Waals surface area contributed by atoms with E-state index in [0.717, 1.165) is 11.4 Å². The average molecular weight is 296 g/mol. The molecule has 2 heterocycles. The molecule has 0 aromatic carbocycles. The lowest BCUT2D eigenvalue weighted by molar-refractivity contribution is -0.139. The van der Waals surface area contributed by atoms with Gasteiger partial charge in [0.1, 0.15) is 12.1 Å². The van der Waals surface area contributed by atoms with Crippen molar-refractivity contribution in [1.82, 2.24) is 20.4 Å². The van der Waals surface area contributed by atoms with E-state index in [4.69, 9.17) is 0 Å². The summed E-state index contributed by atoms with van der Waals surface area (Å²) >= 11 is 0. The molecule has 0 aliphatic carbocycles. The fourth-order valence-electron chi connectivity index (χ4n) is 2.94. The third-order valence-corrected chi connectivity index (χ3v) is 4.47. The van der Waals surface area contributed by atoms with Crippen molar-refractivity contribution in [2.24, 2.45) is 0 Å². The van der Waals surface area contributed by atoms with E-state index < -0.39 is 11.6 Å². The molecule has 0 saturated carbocycles. The molecule has 2 aliphatic heterocycles. The van der Waals surface area contributed by atoms with Gasteiger partial charge in [0.05, 0.1) is 0 Å². The van der Waals surface area contributed by atoms with Gasteiger partial charge < -0.3 is 15.5 Å². The van der Waals surface area contributed by atoms with Crippen molar-refractivity contribution in [3.05, 3.63) is 0 Å². The van der Waals surface area contributed by atoms with Crippen LogP contribution in [0.5, 0.6) is 0 Å². The second kappa shape index (κ2) is 6.01. The number of hydrogen-bond donors (Lipinski definition) is 2. The Morgan fingerprint density at radius 3 is 2.52 bits per heavy atom. The van der Waals surface area contributed by atoms with Crippen LogP contribution in [0.3, 0.4) is 0 Å². The van der Waals surface area contributed by atoms with E-state index in [1.54, 1.807) is 4.90 Å². The van der Waals surface area contributed by atoms with E-state index >= 15 is 0 Å². The maximum Gasteiger partial charge on any atom is 0.325 e. The Balaban J connectivity index is 2.04. The lowest BCUT2D eigenvalue weighted by Crippen LogP contribution is -2.54. The second-order valence-electron chi connectivity index (χ2n) is 5.81. The number of amides is 4. The van der Waals surface area contributed by atoms with Gasteiger partial charge in [-0.2, -0.15) is 0 Å². The summed E-state index contributed by atoms with van der Waals surface area (Å²) < 4.78 is 0. The van der Waals surface area contributed by atoms with Gasteiger partial charge >= 0.3 is 6.03 Å². The molecule has 0 aromatic heterocycles. The van der Waals surface area contributed by atoms with E-state index in [0.29, 0.717) is 25.9 Å². The molecule has 1 atom stereocenters. The van der Waals surface area contributed by atoms with Crippen LogP contribution in [-0.2, 0) is 9.59 Å². The molecular formula is C14H24N4O3. The van der Waals surface area contributed by atoms with Crippen LogP contribution in [-0.4, -0.2) is 65.4 Å². The lowest BCUT2D eigenvalue weighted by atomic mass is 9.93. The summed E-state index contributed by atoms with van der Waals surface area (Å²) in [4.78, 5) is 39.5. The number of carbonyl (C=O) groups excluding carboxylic acids is 3. The first kappa shape index (κ1) is 15.8. The number of hydrogen-bond acceptors (Lipinski definition) is 4. The highest BCUT2D eigenvalue weighted by atomic mass is 16.2.